The van der Waals surface area contributed by atoms with Crippen molar-refractivity contribution in [3.8, 4) is 6.07 Å². The van der Waals surface area contributed by atoms with E-state index in [9.17, 15) is 24.0 Å². The molecule has 4 amide bonds. The second-order valence-electron chi connectivity index (χ2n) is 6.97. The zero-order valence-electron chi connectivity index (χ0n) is 15.1. The number of benzene rings is 1. The van der Waals surface area contributed by atoms with Gasteiger partial charge in [0.25, 0.3) is 5.91 Å². The molecule has 1 aliphatic heterocycles. The molecule has 0 bridgehead atoms. The van der Waals surface area contributed by atoms with Crippen LogP contribution >= 0.6 is 0 Å². The van der Waals surface area contributed by atoms with Crippen molar-refractivity contribution in [1.29, 1.82) is 5.26 Å². The van der Waals surface area contributed by atoms with Crippen LogP contribution in [0.4, 0.5) is 9.18 Å². The molecule has 0 radical (unpaired) electrons. The first-order valence-corrected chi connectivity index (χ1v) is 8.16. The number of urea groups is 1. The normalized spacial score (nSPS) is 22.0. The van der Waals surface area contributed by atoms with Crippen LogP contribution in [0.25, 0.3) is 0 Å². The van der Waals surface area contributed by atoms with Crippen molar-refractivity contribution in [2.75, 3.05) is 6.54 Å². The lowest BCUT2D eigenvalue weighted by atomic mass is 9.90. The minimum absolute atomic E-state index is 0.163. The Morgan fingerprint density at radius 2 is 1.96 bits per heavy atom. The molecule has 7 nitrogen and oxygen atoms in total. The van der Waals surface area contributed by atoms with E-state index in [1.165, 1.54) is 31.2 Å². The van der Waals surface area contributed by atoms with Crippen LogP contribution in [-0.2, 0) is 15.1 Å². The van der Waals surface area contributed by atoms with Gasteiger partial charge in [-0.05, 0) is 37.5 Å². The number of carbonyl (C=O) groups excluding carboxylic acids is 3. The van der Waals surface area contributed by atoms with Gasteiger partial charge < -0.3 is 10.6 Å². The van der Waals surface area contributed by atoms with E-state index in [0.29, 0.717) is 5.56 Å². The van der Waals surface area contributed by atoms with Gasteiger partial charge in [-0.15, -0.1) is 0 Å². The maximum atomic E-state index is 13.1. The van der Waals surface area contributed by atoms with Gasteiger partial charge >= 0.3 is 6.03 Å². The molecular formula is C18H21FN4O3. The van der Waals surface area contributed by atoms with Gasteiger partial charge in [0.1, 0.15) is 23.4 Å². The molecule has 2 N–H and O–H groups in total. The fraction of sp³-hybridized carbons (Fsp3) is 0.444. The van der Waals surface area contributed by atoms with E-state index < -0.39 is 41.3 Å². The minimum Gasteiger partial charge on any atom is -0.336 e. The van der Waals surface area contributed by atoms with E-state index >= 15 is 0 Å². The molecule has 138 valence electrons. The number of nitrogens with one attached hydrogen (secondary N) is 2. The van der Waals surface area contributed by atoms with E-state index in [1.807, 2.05) is 6.07 Å². The molecule has 8 heteroatoms. The van der Waals surface area contributed by atoms with Gasteiger partial charge in [0.2, 0.25) is 5.91 Å². The number of hydrogen-bond donors (Lipinski definition) is 2. The molecule has 2 atom stereocenters. The van der Waals surface area contributed by atoms with Crippen molar-refractivity contribution < 1.29 is 18.8 Å². The summed E-state index contributed by atoms with van der Waals surface area (Å²) in [6, 6.07) is 6.50. The topological polar surface area (TPSA) is 102 Å². The van der Waals surface area contributed by atoms with Gasteiger partial charge in [-0.2, -0.15) is 5.26 Å². The Morgan fingerprint density at radius 1 is 1.38 bits per heavy atom. The number of rotatable bonds is 5. The lowest BCUT2D eigenvalue weighted by Gasteiger charge is -2.28. The Kier molecular flexibility index (Phi) is 5.03. The van der Waals surface area contributed by atoms with E-state index in [4.69, 9.17) is 0 Å². The first-order chi connectivity index (χ1) is 12.0. The standard InChI is InChI=1S/C18H21FN4O3/c1-11(2)17(3,10-20)21-14(24)9-23-15(25)18(4,22-16(23)26)12-5-7-13(19)8-6-12/h5-8,11H,9H2,1-4H3,(H,21,24)(H,22,26). The zero-order chi connectivity index (χ0) is 19.7. The maximum Gasteiger partial charge on any atom is 0.325 e. The third-order valence-electron chi connectivity index (χ3n) is 4.78. The molecule has 1 aliphatic rings. The van der Waals surface area contributed by atoms with Gasteiger partial charge in [0, 0.05) is 0 Å². The molecular weight excluding hydrogens is 339 g/mol. The fourth-order valence-corrected chi connectivity index (χ4v) is 2.59. The largest absolute Gasteiger partial charge is 0.336 e. The Bertz CT molecular complexity index is 787. The second kappa shape index (κ2) is 6.75. The lowest BCUT2D eigenvalue weighted by Crippen LogP contribution is -2.52. The van der Waals surface area contributed by atoms with E-state index in [-0.39, 0.29) is 5.92 Å². The molecule has 1 aromatic rings. The van der Waals surface area contributed by atoms with Crippen LogP contribution in [0.1, 0.15) is 33.3 Å². The van der Waals surface area contributed by atoms with E-state index in [0.717, 1.165) is 4.90 Å². The van der Waals surface area contributed by atoms with Crippen LogP contribution in [0.3, 0.4) is 0 Å². The maximum absolute atomic E-state index is 13.1. The van der Waals surface area contributed by atoms with Crippen molar-refractivity contribution in [3.05, 3.63) is 35.6 Å². The van der Waals surface area contributed by atoms with Crippen LogP contribution in [0.5, 0.6) is 0 Å². The number of hydrogen-bond acceptors (Lipinski definition) is 4. The summed E-state index contributed by atoms with van der Waals surface area (Å²) in [5.41, 5.74) is -2.10. The Hall–Kier alpha value is -2.95. The van der Waals surface area contributed by atoms with Crippen molar-refractivity contribution in [2.24, 2.45) is 5.92 Å². The summed E-state index contributed by atoms with van der Waals surface area (Å²) in [6.07, 6.45) is 0. The minimum atomic E-state index is -1.39. The monoisotopic (exact) mass is 360 g/mol. The van der Waals surface area contributed by atoms with Crippen molar-refractivity contribution in [2.45, 2.75) is 38.8 Å². The van der Waals surface area contributed by atoms with Gasteiger partial charge in [-0.25, -0.2) is 9.18 Å². The van der Waals surface area contributed by atoms with Gasteiger partial charge in [-0.1, -0.05) is 26.0 Å². The predicted octanol–water partition coefficient (Wildman–Crippen LogP) is 1.65. The quantitative estimate of drug-likeness (QED) is 0.779. The number of halogens is 1. The average Bonchev–Trinajstić information content (AvgIpc) is 2.79. The molecule has 0 aliphatic carbocycles. The third-order valence-corrected chi connectivity index (χ3v) is 4.78. The van der Waals surface area contributed by atoms with Crippen LogP contribution in [0, 0.1) is 23.1 Å². The number of nitrogens with zero attached hydrogens (tertiary/aromatic N) is 2. The summed E-state index contributed by atoms with van der Waals surface area (Å²) in [4.78, 5) is 38.0. The van der Waals surface area contributed by atoms with Crippen LogP contribution in [0.15, 0.2) is 24.3 Å². The smallest absolute Gasteiger partial charge is 0.325 e. The Labute approximate surface area is 151 Å². The molecule has 0 saturated carbocycles. The summed E-state index contributed by atoms with van der Waals surface area (Å²) in [5.74, 6) is -1.86. The summed E-state index contributed by atoms with van der Waals surface area (Å²) >= 11 is 0. The number of carbonyl (C=O) groups is 3. The zero-order valence-corrected chi connectivity index (χ0v) is 15.1. The summed E-state index contributed by atoms with van der Waals surface area (Å²) < 4.78 is 13.1. The van der Waals surface area contributed by atoms with Crippen LogP contribution < -0.4 is 10.6 Å². The Morgan fingerprint density at radius 3 is 2.46 bits per heavy atom. The third kappa shape index (κ3) is 3.38. The number of nitriles is 1. The van der Waals surface area contributed by atoms with Gasteiger partial charge in [0.15, 0.2) is 0 Å². The summed E-state index contributed by atoms with van der Waals surface area (Å²) in [5, 5.41) is 14.4. The first-order valence-electron chi connectivity index (χ1n) is 8.16. The fourth-order valence-electron chi connectivity index (χ4n) is 2.59. The SMILES string of the molecule is CC(C)C(C)(C#N)NC(=O)CN1C(=O)NC(C)(c2ccc(F)cc2)C1=O. The average molecular weight is 360 g/mol. The van der Waals surface area contributed by atoms with E-state index in [2.05, 4.69) is 10.6 Å². The van der Waals surface area contributed by atoms with Gasteiger partial charge in [-0.3, -0.25) is 14.5 Å². The molecule has 2 rings (SSSR count). The van der Waals surface area contributed by atoms with Crippen molar-refractivity contribution >= 4 is 17.8 Å². The second-order valence-corrected chi connectivity index (χ2v) is 6.97. The van der Waals surface area contributed by atoms with Crippen molar-refractivity contribution in [3.63, 3.8) is 0 Å². The highest BCUT2D eigenvalue weighted by atomic mass is 19.1. The highest BCUT2D eigenvalue weighted by Gasteiger charge is 2.49. The van der Waals surface area contributed by atoms with Crippen LogP contribution in [-0.4, -0.2) is 34.8 Å². The molecule has 1 saturated heterocycles. The van der Waals surface area contributed by atoms with E-state index in [1.54, 1.807) is 20.8 Å². The predicted molar refractivity (Wildman–Crippen MR) is 91.0 cm³/mol. The molecule has 1 fully saturated rings. The summed E-state index contributed by atoms with van der Waals surface area (Å²) in [7, 11) is 0. The van der Waals surface area contributed by atoms with Crippen molar-refractivity contribution in [1.82, 2.24) is 15.5 Å². The number of amides is 4. The molecule has 2 unspecified atom stereocenters. The number of imide groups is 1. The Balaban J connectivity index is 2.18. The molecule has 1 heterocycles. The molecule has 0 aromatic heterocycles. The first kappa shape index (κ1) is 19.4. The molecule has 26 heavy (non-hydrogen) atoms. The summed E-state index contributed by atoms with van der Waals surface area (Å²) in [6.45, 7) is 6.12. The molecule has 0 spiro atoms. The molecule has 1 aromatic carbocycles. The van der Waals surface area contributed by atoms with Gasteiger partial charge in [0.05, 0.1) is 6.07 Å². The lowest BCUT2D eigenvalue weighted by molar-refractivity contribution is -0.135. The highest BCUT2D eigenvalue weighted by molar-refractivity contribution is 6.09. The van der Waals surface area contributed by atoms with Crippen LogP contribution in [0.2, 0.25) is 0 Å². The highest BCUT2D eigenvalue weighted by Crippen LogP contribution is 2.28.